The fourth-order valence-electron chi connectivity index (χ4n) is 3.52. The summed E-state index contributed by atoms with van der Waals surface area (Å²) in [5, 5.41) is 9.81. The van der Waals surface area contributed by atoms with E-state index < -0.39 is 0 Å². The van der Waals surface area contributed by atoms with Crippen LogP contribution in [0.5, 0.6) is 0 Å². The maximum absolute atomic E-state index is 13.4. The summed E-state index contributed by atoms with van der Waals surface area (Å²) in [6.45, 7) is 0.273. The van der Waals surface area contributed by atoms with Crippen molar-refractivity contribution in [3.8, 4) is 17.1 Å². The molecule has 9 heteroatoms. The Kier molecular flexibility index (Phi) is 5.71. The van der Waals surface area contributed by atoms with E-state index in [1.165, 1.54) is 0 Å². The second-order valence-electron chi connectivity index (χ2n) is 7.51. The van der Waals surface area contributed by atoms with Crippen LogP contribution in [0.1, 0.15) is 29.1 Å². The van der Waals surface area contributed by atoms with Gasteiger partial charge in [-0.05, 0) is 61.6 Å². The average molecular weight is 466 g/mol. The van der Waals surface area contributed by atoms with Gasteiger partial charge in [-0.1, -0.05) is 29.4 Å². The first-order valence-electron chi connectivity index (χ1n) is 10.2. The molecular formula is C23H20ClN5O2S. The van der Waals surface area contributed by atoms with Crippen molar-refractivity contribution in [1.29, 1.82) is 0 Å². The third kappa shape index (κ3) is 4.28. The number of carbonyl (C=O) groups excluding carboxylic acids is 1. The average Bonchev–Trinajstić information content (AvgIpc) is 3.36. The minimum atomic E-state index is -0.0496. The molecule has 2 aromatic heterocycles. The molecule has 1 fully saturated rings. The number of nitrogens with zero attached hydrogens (tertiary/aromatic N) is 5. The molecule has 0 saturated heterocycles. The molecule has 162 valence electrons. The zero-order valence-electron chi connectivity index (χ0n) is 17.3. The quantitative estimate of drug-likeness (QED) is 0.353. The minimum Gasteiger partial charge on any atom is -0.419 e. The summed E-state index contributed by atoms with van der Waals surface area (Å²) in [6.07, 6.45) is 7.57. The number of aromatic nitrogens is 4. The van der Waals surface area contributed by atoms with Crippen LogP contribution >= 0.6 is 23.4 Å². The fraction of sp³-hybridized carbons (Fsp3) is 0.217. The second kappa shape index (κ2) is 8.80. The molecule has 0 radical (unpaired) electrons. The molecule has 32 heavy (non-hydrogen) atoms. The van der Waals surface area contributed by atoms with Crippen molar-refractivity contribution in [2.75, 3.05) is 6.26 Å². The van der Waals surface area contributed by atoms with Crippen LogP contribution in [-0.4, -0.2) is 42.9 Å². The van der Waals surface area contributed by atoms with Crippen LogP contribution in [0.15, 0.2) is 70.5 Å². The van der Waals surface area contributed by atoms with Gasteiger partial charge in [-0.3, -0.25) is 9.36 Å². The van der Waals surface area contributed by atoms with Gasteiger partial charge in [0.2, 0.25) is 11.8 Å². The summed E-state index contributed by atoms with van der Waals surface area (Å²) in [6, 6.07) is 15.0. The Bertz CT molecular complexity index is 1250. The summed E-state index contributed by atoms with van der Waals surface area (Å²) in [7, 11) is 0. The molecule has 1 aliphatic rings. The molecule has 0 unspecified atom stereocenters. The first kappa shape index (κ1) is 20.8. The van der Waals surface area contributed by atoms with E-state index >= 15 is 0 Å². The van der Waals surface area contributed by atoms with Gasteiger partial charge >= 0.3 is 0 Å². The van der Waals surface area contributed by atoms with Crippen LogP contribution in [0.25, 0.3) is 17.1 Å². The van der Waals surface area contributed by atoms with Gasteiger partial charge in [-0.2, -0.15) is 0 Å². The van der Waals surface area contributed by atoms with Crippen molar-refractivity contribution in [3.05, 3.63) is 77.4 Å². The van der Waals surface area contributed by atoms with Crippen molar-refractivity contribution in [2.45, 2.75) is 30.6 Å². The van der Waals surface area contributed by atoms with E-state index in [4.69, 9.17) is 16.0 Å². The van der Waals surface area contributed by atoms with Crippen molar-refractivity contribution < 1.29 is 9.21 Å². The number of halogens is 1. The number of rotatable bonds is 7. The molecule has 2 heterocycles. The molecule has 0 N–H and O–H groups in total. The maximum Gasteiger partial charge on any atom is 0.254 e. The van der Waals surface area contributed by atoms with Crippen LogP contribution in [0.3, 0.4) is 0 Å². The van der Waals surface area contributed by atoms with Gasteiger partial charge in [0.05, 0.1) is 6.54 Å². The highest BCUT2D eigenvalue weighted by molar-refractivity contribution is 7.98. The van der Waals surface area contributed by atoms with E-state index in [1.807, 2.05) is 58.3 Å². The molecule has 2 aromatic carbocycles. The Morgan fingerprint density at radius 3 is 2.78 bits per heavy atom. The number of hydrogen-bond donors (Lipinski definition) is 0. The van der Waals surface area contributed by atoms with Crippen LogP contribution in [0.2, 0.25) is 5.02 Å². The van der Waals surface area contributed by atoms with Gasteiger partial charge in [0.15, 0.2) is 5.16 Å². The molecule has 1 amide bonds. The van der Waals surface area contributed by atoms with Gasteiger partial charge < -0.3 is 9.32 Å². The molecule has 0 atom stereocenters. The maximum atomic E-state index is 13.4. The smallest absolute Gasteiger partial charge is 0.254 e. The van der Waals surface area contributed by atoms with Gasteiger partial charge in [-0.25, -0.2) is 4.98 Å². The van der Waals surface area contributed by atoms with E-state index in [1.54, 1.807) is 30.1 Å². The molecule has 1 saturated carbocycles. The van der Waals surface area contributed by atoms with Crippen LogP contribution in [0, 0.1) is 0 Å². The Balaban J connectivity index is 1.38. The van der Waals surface area contributed by atoms with Crippen LogP contribution in [0.4, 0.5) is 0 Å². The highest BCUT2D eigenvalue weighted by Crippen LogP contribution is 2.31. The topological polar surface area (TPSA) is 77.1 Å². The van der Waals surface area contributed by atoms with E-state index in [0.29, 0.717) is 22.4 Å². The number of thioether (sulfide) groups is 1. The number of benzene rings is 2. The molecule has 7 nitrogen and oxygen atoms in total. The molecule has 5 rings (SSSR count). The predicted octanol–water partition coefficient (Wildman–Crippen LogP) is 5.10. The highest BCUT2D eigenvalue weighted by Gasteiger charge is 2.34. The SMILES string of the molecule is CSc1nccn1-c1cccc(C(=O)N(Cc2nnc(-c3ccc(Cl)cc3)o2)C2CC2)c1. The Hall–Kier alpha value is -3.10. The zero-order valence-corrected chi connectivity index (χ0v) is 18.9. The standard InChI is InChI=1S/C23H20ClN5O2S/c1-32-23-25-11-12-28(23)19-4-2-3-16(13-19)22(30)29(18-9-10-18)14-20-26-27-21(31-20)15-5-7-17(24)8-6-15/h2-8,11-13,18H,9-10,14H2,1H3. The molecule has 0 spiro atoms. The van der Waals surface area contributed by atoms with E-state index in [0.717, 1.165) is 29.2 Å². The summed E-state index contributed by atoms with van der Waals surface area (Å²) >= 11 is 7.51. The van der Waals surface area contributed by atoms with Crippen LogP contribution in [-0.2, 0) is 6.54 Å². The lowest BCUT2D eigenvalue weighted by molar-refractivity contribution is 0.0714. The van der Waals surface area contributed by atoms with Crippen molar-refractivity contribution in [2.24, 2.45) is 0 Å². The van der Waals surface area contributed by atoms with Gasteiger partial charge in [-0.15, -0.1) is 10.2 Å². The monoisotopic (exact) mass is 465 g/mol. The number of imidazole rings is 1. The van der Waals surface area contributed by atoms with Crippen molar-refractivity contribution in [1.82, 2.24) is 24.6 Å². The summed E-state index contributed by atoms with van der Waals surface area (Å²) in [4.78, 5) is 19.6. The number of hydrogen-bond acceptors (Lipinski definition) is 6. The summed E-state index contributed by atoms with van der Waals surface area (Å²) < 4.78 is 7.81. The Morgan fingerprint density at radius 1 is 1.22 bits per heavy atom. The zero-order chi connectivity index (χ0) is 22.1. The second-order valence-corrected chi connectivity index (χ2v) is 8.72. The number of amides is 1. The summed E-state index contributed by atoms with van der Waals surface area (Å²) in [5.41, 5.74) is 2.30. The first-order valence-corrected chi connectivity index (χ1v) is 11.8. The third-order valence-electron chi connectivity index (χ3n) is 5.27. The van der Waals surface area contributed by atoms with Crippen LogP contribution < -0.4 is 0 Å². The predicted molar refractivity (Wildman–Crippen MR) is 123 cm³/mol. The molecule has 4 aromatic rings. The largest absolute Gasteiger partial charge is 0.419 e. The lowest BCUT2D eigenvalue weighted by Gasteiger charge is -2.21. The lowest BCUT2D eigenvalue weighted by Crippen LogP contribution is -2.32. The minimum absolute atomic E-state index is 0.0496. The van der Waals surface area contributed by atoms with Gasteiger partial charge in [0, 0.05) is 40.3 Å². The summed E-state index contributed by atoms with van der Waals surface area (Å²) in [5.74, 6) is 0.767. The van der Waals surface area contributed by atoms with E-state index in [-0.39, 0.29) is 18.5 Å². The van der Waals surface area contributed by atoms with Gasteiger partial charge in [0.25, 0.3) is 5.91 Å². The third-order valence-corrected chi connectivity index (χ3v) is 6.19. The molecule has 0 bridgehead atoms. The molecule has 1 aliphatic carbocycles. The van der Waals surface area contributed by atoms with E-state index in [2.05, 4.69) is 15.2 Å². The van der Waals surface area contributed by atoms with E-state index in [9.17, 15) is 4.79 Å². The first-order chi connectivity index (χ1) is 15.6. The van der Waals surface area contributed by atoms with Crippen molar-refractivity contribution >= 4 is 29.3 Å². The fourth-order valence-corrected chi connectivity index (χ4v) is 4.17. The number of carbonyl (C=O) groups is 1. The molecule has 0 aliphatic heterocycles. The normalized spacial score (nSPS) is 13.3. The van der Waals surface area contributed by atoms with Gasteiger partial charge in [0.1, 0.15) is 0 Å². The Labute approximate surface area is 194 Å². The highest BCUT2D eigenvalue weighted by atomic mass is 35.5. The molecular weight excluding hydrogens is 446 g/mol. The van der Waals surface area contributed by atoms with Crippen molar-refractivity contribution in [3.63, 3.8) is 0 Å². The lowest BCUT2D eigenvalue weighted by atomic mass is 10.1. The Morgan fingerprint density at radius 2 is 2.03 bits per heavy atom.